The van der Waals surface area contributed by atoms with Crippen molar-refractivity contribution in [1.82, 2.24) is 9.97 Å². The Labute approximate surface area is 97.6 Å². The van der Waals surface area contributed by atoms with Gasteiger partial charge >= 0.3 is 0 Å². The van der Waals surface area contributed by atoms with Gasteiger partial charge in [-0.1, -0.05) is 36.0 Å². The molecule has 4 heteroatoms. The zero-order valence-corrected chi connectivity index (χ0v) is 9.75. The summed E-state index contributed by atoms with van der Waals surface area (Å²) in [6, 6.07) is 7.35. The number of nitrogens with one attached hydrogen (secondary N) is 1. The molecule has 0 atom stereocenters. The maximum atomic E-state index is 11.7. The van der Waals surface area contributed by atoms with E-state index < -0.39 is 0 Å². The Morgan fingerprint density at radius 2 is 2.25 bits per heavy atom. The van der Waals surface area contributed by atoms with Gasteiger partial charge in [0.1, 0.15) is 0 Å². The zero-order valence-electron chi connectivity index (χ0n) is 8.93. The first-order chi connectivity index (χ1) is 7.81. The number of thioether (sulfide) groups is 1. The molecule has 0 saturated heterocycles. The van der Waals surface area contributed by atoms with Gasteiger partial charge in [-0.2, -0.15) is 0 Å². The van der Waals surface area contributed by atoms with E-state index in [1.807, 2.05) is 37.3 Å². The number of aromatic nitrogens is 2. The van der Waals surface area contributed by atoms with Crippen molar-refractivity contribution >= 4 is 22.7 Å². The molecule has 1 N–H and O–H groups in total. The molecule has 0 aliphatic carbocycles. The van der Waals surface area contributed by atoms with Crippen LogP contribution in [0, 0.1) is 0 Å². The third-order valence-corrected chi connectivity index (χ3v) is 2.97. The number of hydrogen-bond acceptors (Lipinski definition) is 3. The molecule has 0 fully saturated rings. The summed E-state index contributed by atoms with van der Waals surface area (Å²) in [6.45, 7) is 1.97. The second-order valence-electron chi connectivity index (χ2n) is 3.27. The highest BCUT2D eigenvalue weighted by molar-refractivity contribution is 7.99. The van der Waals surface area contributed by atoms with Gasteiger partial charge in [0.25, 0.3) is 5.56 Å². The SMILES string of the molecule is C/C=C\CSc1nc2ccccc2c(=O)[nH]1. The van der Waals surface area contributed by atoms with E-state index in [-0.39, 0.29) is 5.56 Å². The minimum Gasteiger partial charge on any atom is -0.301 e. The first-order valence-electron chi connectivity index (χ1n) is 5.04. The van der Waals surface area contributed by atoms with Gasteiger partial charge in [0.2, 0.25) is 0 Å². The Kier molecular flexibility index (Phi) is 3.41. The molecule has 0 spiro atoms. The lowest BCUT2D eigenvalue weighted by Crippen LogP contribution is -2.08. The van der Waals surface area contributed by atoms with Crippen LogP contribution in [0.5, 0.6) is 0 Å². The number of allylic oxidation sites excluding steroid dienone is 1. The summed E-state index contributed by atoms with van der Waals surface area (Å²) in [7, 11) is 0. The Morgan fingerprint density at radius 3 is 3.06 bits per heavy atom. The fourth-order valence-corrected chi connectivity index (χ4v) is 2.13. The molecule has 0 bridgehead atoms. The summed E-state index contributed by atoms with van der Waals surface area (Å²) >= 11 is 1.52. The summed E-state index contributed by atoms with van der Waals surface area (Å²) in [4.78, 5) is 18.9. The van der Waals surface area contributed by atoms with Crippen molar-refractivity contribution in [3.05, 3.63) is 46.8 Å². The predicted octanol–water partition coefficient (Wildman–Crippen LogP) is 2.59. The van der Waals surface area contributed by atoms with Crippen molar-refractivity contribution in [1.29, 1.82) is 0 Å². The van der Waals surface area contributed by atoms with Gasteiger partial charge in [-0.15, -0.1) is 0 Å². The second-order valence-corrected chi connectivity index (χ2v) is 4.28. The van der Waals surface area contributed by atoms with E-state index in [9.17, 15) is 4.79 Å². The van der Waals surface area contributed by atoms with Crippen LogP contribution in [0.2, 0.25) is 0 Å². The summed E-state index contributed by atoms with van der Waals surface area (Å²) in [6.07, 6.45) is 4.01. The Bertz CT molecular complexity index is 574. The smallest absolute Gasteiger partial charge is 0.259 e. The van der Waals surface area contributed by atoms with Crippen LogP contribution in [-0.2, 0) is 0 Å². The van der Waals surface area contributed by atoms with Crippen LogP contribution in [0.25, 0.3) is 10.9 Å². The number of aromatic amines is 1. The number of benzene rings is 1. The lowest BCUT2D eigenvalue weighted by molar-refractivity contribution is 0.976. The number of hydrogen-bond donors (Lipinski definition) is 1. The molecule has 0 radical (unpaired) electrons. The maximum absolute atomic E-state index is 11.7. The molecular formula is C12H12N2OS. The van der Waals surface area contributed by atoms with E-state index in [1.165, 1.54) is 11.8 Å². The number of para-hydroxylation sites is 1. The van der Waals surface area contributed by atoms with Crippen LogP contribution in [-0.4, -0.2) is 15.7 Å². The molecule has 0 saturated carbocycles. The summed E-state index contributed by atoms with van der Waals surface area (Å²) in [5, 5.41) is 1.31. The second kappa shape index (κ2) is 4.99. The highest BCUT2D eigenvalue weighted by Gasteiger charge is 2.02. The van der Waals surface area contributed by atoms with Crippen molar-refractivity contribution in [3.8, 4) is 0 Å². The highest BCUT2D eigenvalue weighted by Crippen LogP contribution is 2.14. The van der Waals surface area contributed by atoms with Gasteiger partial charge in [-0.05, 0) is 19.1 Å². The molecule has 0 aliphatic rings. The number of rotatable bonds is 3. The zero-order chi connectivity index (χ0) is 11.4. The molecule has 1 heterocycles. The molecule has 3 nitrogen and oxygen atoms in total. The lowest BCUT2D eigenvalue weighted by atomic mass is 10.2. The molecule has 0 unspecified atom stereocenters. The van der Waals surface area contributed by atoms with Gasteiger partial charge in [0.15, 0.2) is 5.16 Å². The fourth-order valence-electron chi connectivity index (χ4n) is 1.36. The molecule has 1 aromatic heterocycles. The van der Waals surface area contributed by atoms with E-state index in [2.05, 4.69) is 9.97 Å². The van der Waals surface area contributed by atoms with Crippen LogP contribution in [0.1, 0.15) is 6.92 Å². The minimum absolute atomic E-state index is 0.0754. The Hall–Kier alpha value is -1.55. The molecular weight excluding hydrogens is 220 g/mol. The molecule has 2 aromatic rings. The quantitative estimate of drug-likeness (QED) is 0.502. The molecule has 0 amide bonds. The summed E-state index contributed by atoms with van der Waals surface area (Å²) in [5.41, 5.74) is 0.669. The molecule has 2 rings (SSSR count). The average Bonchev–Trinajstić information content (AvgIpc) is 2.30. The summed E-state index contributed by atoms with van der Waals surface area (Å²) in [5.74, 6) is 0.817. The normalized spacial score (nSPS) is 11.3. The van der Waals surface area contributed by atoms with Gasteiger partial charge in [0, 0.05) is 5.75 Å². The van der Waals surface area contributed by atoms with Gasteiger partial charge in [0.05, 0.1) is 10.9 Å². The molecule has 1 aromatic carbocycles. The average molecular weight is 232 g/mol. The van der Waals surface area contributed by atoms with Crippen LogP contribution >= 0.6 is 11.8 Å². The third-order valence-electron chi connectivity index (χ3n) is 2.14. The van der Waals surface area contributed by atoms with E-state index in [0.29, 0.717) is 10.5 Å². The monoisotopic (exact) mass is 232 g/mol. The topological polar surface area (TPSA) is 45.8 Å². The standard InChI is InChI=1S/C12H12N2OS/c1-2-3-8-16-12-13-10-7-5-4-6-9(10)11(15)14-12/h2-7H,8H2,1H3,(H,13,14,15)/b3-2-. The predicted molar refractivity (Wildman–Crippen MR) is 67.9 cm³/mol. The van der Waals surface area contributed by atoms with Crippen LogP contribution in [0.15, 0.2) is 46.4 Å². The summed E-state index contributed by atoms with van der Waals surface area (Å²) < 4.78 is 0. The molecule has 82 valence electrons. The first kappa shape index (κ1) is 11.0. The Balaban J connectivity index is 2.38. The number of fused-ring (bicyclic) bond motifs is 1. The van der Waals surface area contributed by atoms with Gasteiger partial charge in [-0.3, -0.25) is 4.79 Å². The van der Waals surface area contributed by atoms with Crippen molar-refractivity contribution in [2.75, 3.05) is 5.75 Å². The highest BCUT2D eigenvalue weighted by atomic mass is 32.2. The van der Waals surface area contributed by atoms with Gasteiger partial charge < -0.3 is 4.98 Å². The van der Waals surface area contributed by atoms with Crippen LogP contribution in [0.4, 0.5) is 0 Å². The third kappa shape index (κ3) is 2.33. The van der Waals surface area contributed by atoms with E-state index >= 15 is 0 Å². The maximum Gasteiger partial charge on any atom is 0.259 e. The van der Waals surface area contributed by atoms with Crippen molar-refractivity contribution in [2.24, 2.45) is 0 Å². The van der Waals surface area contributed by atoms with Crippen LogP contribution < -0.4 is 5.56 Å². The van der Waals surface area contributed by atoms with Crippen molar-refractivity contribution in [3.63, 3.8) is 0 Å². The van der Waals surface area contributed by atoms with Gasteiger partial charge in [-0.25, -0.2) is 4.98 Å². The van der Waals surface area contributed by atoms with Crippen LogP contribution in [0.3, 0.4) is 0 Å². The van der Waals surface area contributed by atoms with E-state index in [1.54, 1.807) is 6.07 Å². The largest absolute Gasteiger partial charge is 0.301 e. The Morgan fingerprint density at radius 1 is 1.44 bits per heavy atom. The lowest BCUT2D eigenvalue weighted by Gasteiger charge is -2.00. The van der Waals surface area contributed by atoms with Crippen molar-refractivity contribution in [2.45, 2.75) is 12.1 Å². The van der Waals surface area contributed by atoms with E-state index in [0.717, 1.165) is 11.3 Å². The fraction of sp³-hybridized carbons (Fsp3) is 0.167. The molecule has 0 aliphatic heterocycles. The van der Waals surface area contributed by atoms with E-state index in [4.69, 9.17) is 0 Å². The minimum atomic E-state index is -0.0754. The molecule has 16 heavy (non-hydrogen) atoms. The van der Waals surface area contributed by atoms with Crippen molar-refractivity contribution < 1.29 is 0 Å². The first-order valence-corrected chi connectivity index (χ1v) is 6.03. The number of H-pyrrole nitrogens is 1. The number of nitrogens with zero attached hydrogens (tertiary/aromatic N) is 1.